The smallest absolute Gasteiger partial charge is 0.187 e. The van der Waals surface area contributed by atoms with Crippen LogP contribution in [-0.4, -0.2) is 258 Å². The van der Waals surface area contributed by atoms with Crippen molar-refractivity contribution < 1.29 is 124 Å². The lowest BCUT2D eigenvalue weighted by molar-refractivity contribution is -0.386. The van der Waals surface area contributed by atoms with Gasteiger partial charge in [0.2, 0.25) is 0 Å². The molecule has 9 aliphatic rings. The molecule has 0 aromatic rings. The van der Waals surface area contributed by atoms with Crippen LogP contribution in [0.4, 0.5) is 0 Å². The minimum atomic E-state index is -1.88. The van der Waals surface area contributed by atoms with Gasteiger partial charge in [-0.1, -0.05) is 33.3 Å². The molecule has 5 saturated heterocycles. The predicted molar refractivity (Wildman–Crippen MR) is 252 cm³/mol. The number of aliphatic hydroxyl groups is 14. The van der Waals surface area contributed by atoms with E-state index in [1.807, 2.05) is 13.0 Å². The number of ether oxygens (including phenoxy) is 10. The molecule has 5 heterocycles. The second kappa shape index (κ2) is 23.0. The van der Waals surface area contributed by atoms with Crippen molar-refractivity contribution >= 4 is 5.78 Å². The fraction of sp³-hybridized carbons (Fsp3) is 0.941. The standard InChI is InChI=1S/C51H82O25/c1-19(17-68-45-41(65)37(61)35(59)29(14-52)71-45)8-9-51(67-5)20(2)33-28(76-51)11-24-22-7-6-21-10-27(25(55)13-49(21,3)23(22)12-32(57)50(24,33)4)70-47-42(66)39(63)43(31(16-54)73-47)74-48-44(38(62)36(60)30(15-53)72-48)75-46-40(64)34(58)26(56)18-69-46/h12,19-22,24-31,33-48,52-56,58-66H,6-11,13-18H2,1-5H3. The summed E-state index contributed by atoms with van der Waals surface area (Å²) in [6, 6.07) is 0. The van der Waals surface area contributed by atoms with Crippen molar-refractivity contribution in [2.75, 3.05) is 40.1 Å². The lowest BCUT2D eigenvalue weighted by Gasteiger charge is -2.57. The van der Waals surface area contributed by atoms with Crippen molar-refractivity contribution in [1.29, 1.82) is 0 Å². The highest BCUT2D eigenvalue weighted by atomic mass is 16.8. The Morgan fingerprint density at radius 2 is 1.29 bits per heavy atom. The van der Waals surface area contributed by atoms with Crippen LogP contribution >= 0.6 is 0 Å². The third kappa shape index (κ3) is 10.2. The molecule has 0 bridgehead atoms. The van der Waals surface area contributed by atoms with Gasteiger partial charge in [0, 0.05) is 30.8 Å². The highest BCUT2D eigenvalue weighted by Gasteiger charge is 2.70. The van der Waals surface area contributed by atoms with Gasteiger partial charge in [0.15, 0.2) is 36.7 Å². The van der Waals surface area contributed by atoms with E-state index in [4.69, 9.17) is 47.4 Å². The second-order valence-corrected chi connectivity index (χ2v) is 23.6. The average molecular weight is 1100 g/mol. The Hall–Kier alpha value is -1.55. The summed E-state index contributed by atoms with van der Waals surface area (Å²) in [5.41, 5.74) is -0.382. The van der Waals surface area contributed by atoms with E-state index in [0.29, 0.717) is 25.7 Å². The molecule has 436 valence electrons. The normalized spacial score (nSPS) is 53.8. The number of fused-ring (bicyclic) bond motifs is 7. The molecule has 9 rings (SSSR count). The molecule has 0 aromatic carbocycles. The number of ketones is 1. The summed E-state index contributed by atoms with van der Waals surface area (Å²) >= 11 is 0. The maximum Gasteiger partial charge on any atom is 0.187 e. The summed E-state index contributed by atoms with van der Waals surface area (Å²) in [5, 5.41) is 148. The molecule has 0 amide bonds. The van der Waals surface area contributed by atoms with Gasteiger partial charge in [-0.15, -0.1) is 0 Å². The maximum absolute atomic E-state index is 14.8. The molecule has 3 saturated carbocycles. The molecule has 5 aliphatic heterocycles. The average Bonchev–Trinajstić information content (AvgIpc) is 4.01. The number of hydrogen-bond donors (Lipinski definition) is 14. The SMILES string of the molecule is COC1(CCC(C)COC2OC(CO)C(O)C(O)C2O)OC2CC3C4CCC5CC(OC6OC(CO)C(OC7OC(CO)C(O)C(O)C7OC7OCC(O)C(O)C7O)C(O)C6O)C(O)CC5(C)C4=CC(=O)C3(C)C2C1C. The van der Waals surface area contributed by atoms with Crippen molar-refractivity contribution in [1.82, 2.24) is 0 Å². The first kappa shape index (κ1) is 59.1. The Labute approximate surface area is 440 Å². The Kier molecular flexibility index (Phi) is 17.9. The van der Waals surface area contributed by atoms with Crippen molar-refractivity contribution in [2.45, 2.75) is 213 Å². The number of hydrogen-bond acceptors (Lipinski definition) is 25. The first-order chi connectivity index (χ1) is 36.0. The largest absolute Gasteiger partial charge is 0.394 e. The van der Waals surface area contributed by atoms with Crippen LogP contribution < -0.4 is 0 Å². The van der Waals surface area contributed by atoms with Crippen LogP contribution in [0.5, 0.6) is 0 Å². The molecule has 31 unspecified atom stereocenters. The van der Waals surface area contributed by atoms with Crippen molar-refractivity contribution in [2.24, 2.45) is 46.3 Å². The Balaban J connectivity index is 0.829. The van der Waals surface area contributed by atoms with Crippen LogP contribution in [0.1, 0.15) is 72.6 Å². The molecule has 76 heavy (non-hydrogen) atoms. The van der Waals surface area contributed by atoms with E-state index >= 15 is 0 Å². The zero-order valence-electron chi connectivity index (χ0n) is 43.5. The number of carbonyl (C=O) groups is 1. The van der Waals surface area contributed by atoms with Gasteiger partial charge in [0.1, 0.15) is 91.6 Å². The third-order valence-corrected chi connectivity index (χ3v) is 19.3. The van der Waals surface area contributed by atoms with Crippen LogP contribution in [0.2, 0.25) is 0 Å². The minimum absolute atomic E-state index is 0.00167. The van der Waals surface area contributed by atoms with Crippen LogP contribution in [0.25, 0.3) is 0 Å². The van der Waals surface area contributed by atoms with Gasteiger partial charge in [-0.2, -0.15) is 0 Å². The lowest BCUT2D eigenvalue weighted by Crippen LogP contribution is -2.66. The summed E-state index contributed by atoms with van der Waals surface area (Å²) in [7, 11) is 1.61. The van der Waals surface area contributed by atoms with Gasteiger partial charge in [-0.3, -0.25) is 4.79 Å². The van der Waals surface area contributed by atoms with Gasteiger partial charge < -0.3 is 119 Å². The van der Waals surface area contributed by atoms with Crippen molar-refractivity contribution in [3.05, 3.63) is 11.6 Å². The van der Waals surface area contributed by atoms with E-state index < -0.39 is 172 Å². The van der Waals surface area contributed by atoms with Gasteiger partial charge in [-0.05, 0) is 73.7 Å². The summed E-state index contributed by atoms with van der Waals surface area (Å²) in [4.78, 5) is 14.8. The summed E-state index contributed by atoms with van der Waals surface area (Å²) < 4.78 is 59.4. The molecule has 31 atom stereocenters. The maximum atomic E-state index is 14.8. The summed E-state index contributed by atoms with van der Waals surface area (Å²) in [6.45, 7) is 5.63. The van der Waals surface area contributed by atoms with Crippen LogP contribution in [0.15, 0.2) is 11.6 Å². The number of aliphatic hydroxyl groups excluding tert-OH is 14. The molecule has 4 aliphatic carbocycles. The van der Waals surface area contributed by atoms with E-state index in [9.17, 15) is 76.3 Å². The van der Waals surface area contributed by atoms with E-state index in [2.05, 4.69) is 20.8 Å². The molecule has 25 heteroatoms. The molecule has 14 N–H and O–H groups in total. The second-order valence-electron chi connectivity index (χ2n) is 23.6. The molecular formula is C51H82O25. The number of allylic oxidation sites excluding steroid dienone is 2. The highest BCUT2D eigenvalue weighted by molar-refractivity contribution is 5.97. The first-order valence-corrected chi connectivity index (χ1v) is 26.9. The third-order valence-electron chi connectivity index (χ3n) is 19.3. The van der Waals surface area contributed by atoms with Crippen molar-refractivity contribution in [3.8, 4) is 0 Å². The number of methoxy groups -OCH3 is 1. The van der Waals surface area contributed by atoms with Gasteiger partial charge in [0.25, 0.3) is 0 Å². The fourth-order valence-electron chi connectivity index (χ4n) is 14.8. The monoisotopic (exact) mass is 1090 g/mol. The molecule has 25 nitrogen and oxygen atoms in total. The topological polar surface area (TPSA) is 393 Å². The Bertz CT molecular complexity index is 2020. The fourth-order valence-corrected chi connectivity index (χ4v) is 14.8. The van der Waals surface area contributed by atoms with Crippen LogP contribution in [-0.2, 0) is 52.2 Å². The molecule has 0 aromatic heterocycles. The van der Waals surface area contributed by atoms with E-state index in [1.54, 1.807) is 7.11 Å². The number of rotatable bonds is 16. The van der Waals surface area contributed by atoms with Gasteiger partial charge >= 0.3 is 0 Å². The molecule has 0 spiro atoms. The van der Waals surface area contributed by atoms with Crippen LogP contribution in [0.3, 0.4) is 0 Å². The predicted octanol–water partition coefficient (Wildman–Crippen LogP) is -4.59. The first-order valence-electron chi connectivity index (χ1n) is 26.9. The van der Waals surface area contributed by atoms with Gasteiger partial charge in [-0.25, -0.2) is 0 Å². The summed E-state index contributed by atoms with van der Waals surface area (Å²) in [6.07, 6.45) is -27.4. The van der Waals surface area contributed by atoms with Gasteiger partial charge in [0.05, 0.1) is 51.3 Å². The number of carbonyl (C=O) groups excluding carboxylic acids is 1. The molecule has 8 fully saturated rings. The van der Waals surface area contributed by atoms with E-state index in [0.717, 1.165) is 18.4 Å². The zero-order chi connectivity index (χ0) is 55.1. The van der Waals surface area contributed by atoms with Crippen LogP contribution in [0, 0.1) is 46.3 Å². The van der Waals surface area contributed by atoms with E-state index in [1.165, 1.54) is 0 Å². The minimum Gasteiger partial charge on any atom is -0.394 e. The molecule has 0 radical (unpaired) electrons. The van der Waals surface area contributed by atoms with E-state index in [-0.39, 0.29) is 60.4 Å². The highest BCUT2D eigenvalue weighted by Crippen LogP contribution is 2.69. The Morgan fingerprint density at radius 1 is 0.684 bits per heavy atom. The zero-order valence-corrected chi connectivity index (χ0v) is 43.5. The lowest BCUT2D eigenvalue weighted by atomic mass is 9.47. The molecular weight excluding hydrogens is 1010 g/mol. The summed E-state index contributed by atoms with van der Waals surface area (Å²) in [5.74, 6) is -1.52. The Morgan fingerprint density at radius 3 is 1.96 bits per heavy atom. The quantitative estimate of drug-likeness (QED) is 0.0647. The van der Waals surface area contributed by atoms with Crippen molar-refractivity contribution in [3.63, 3.8) is 0 Å².